The summed E-state index contributed by atoms with van der Waals surface area (Å²) in [5, 5.41) is 3.37. The molecule has 0 saturated heterocycles. The first-order chi connectivity index (χ1) is 20.1. The van der Waals surface area contributed by atoms with Gasteiger partial charge in [0.05, 0.1) is 11.2 Å². The van der Waals surface area contributed by atoms with Crippen molar-refractivity contribution in [3.8, 4) is 44.9 Å². The van der Waals surface area contributed by atoms with E-state index < -0.39 is 0 Å². The van der Waals surface area contributed by atoms with Crippen LogP contribution in [-0.4, -0.2) is 9.97 Å². The van der Waals surface area contributed by atoms with E-state index in [0.29, 0.717) is 0 Å². The third kappa shape index (κ3) is 3.72. The Bertz CT molecular complexity index is 2110. The Morgan fingerprint density at radius 3 is 1.90 bits per heavy atom. The summed E-state index contributed by atoms with van der Waals surface area (Å²) in [6.07, 6.45) is 0. The molecule has 1 heterocycles. The van der Waals surface area contributed by atoms with Gasteiger partial charge in [0.15, 0.2) is 5.82 Å². The summed E-state index contributed by atoms with van der Waals surface area (Å²) < 4.78 is 0. The molecule has 0 atom stereocenters. The van der Waals surface area contributed by atoms with Gasteiger partial charge in [-0.1, -0.05) is 129 Å². The van der Waals surface area contributed by atoms with Gasteiger partial charge in [-0.05, 0) is 57.0 Å². The van der Waals surface area contributed by atoms with Crippen LogP contribution in [0.4, 0.5) is 0 Å². The molecule has 41 heavy (non-hydrogen) atoms. The maximum Gasteiger partial charge on any atom is 0.160 e. The maximum atomic E-state index is 5.19. The Hall–Kier alpha value is -5.08. The highest BCUT2D eigenvalue weighted by atomic mass is 14.9. The summed E-state index contributed by atoms with van der Waals surface area (Å²) in [6, 6.07) is 47.6. The predicted molar refractivity (Wildman–Crippen MR) is 171 cm³/mol. The van der Waals surface area contributed by atoms with Crippen LogP contribution in [0.2, 0.25) is 0 Å². The number of aromatic nitrogens is 2. The molecule has 0 unspecified atom stereocenters. The van der Waals surface area contributed by atoms with Crippen molar-refractivity contribution in [2.24, 2.45) is 0 Å². The third-order valence-corrected chi connectivity index (χ3v) is 8.68. The fourth-order valence-electron chi connectivity index (χ4n) is 6.51. The minimum Gasteiger partial charge on any atom is -0.227 e. The molecule has 2 nitrogen and oxygen atoms in total. The summed E-state index contributed by atoms with van der Waals surface area (Å²) in [4.78, 5) is 10.3. The van der Waals surface area contributed by atoms with Gasteiger partial charge in [0.1, 0.15) is 0 Å². The molecule has 1 aromatic heterocycles. The fourth-order valence-corrected chi connectivity index (χ4v) is 6.51. The van der Waals surface area contributed by atoms with Crippen molar-refractivity contribution in [3.63, 3.8) is 0 Å². The fraction of sp³-hybridized carbons (Fsp3) is 0.0769. The van der Waals surface area contributed by atoms with Crippen LogP contribution >= 0.6 is 0 Å². The molecular formula is C39H28N2. The Morgan fingerprint density at radius 1 is 0.463 bits per heavy atom. The Morgan fingerprint density at radius 2 is 1.10 bits per heavy atom. The summed E-state index contributed by atoms with van der Waals surface area (Å²) in [6.45, 7) is 4.67. The second-order valence-electron chi connectivity index (χ2n) is 11.5. The SMILES string of the molecule is CC1(C)c2ccccc2-c2ccc(-c3ccc4ccc5c(-c6ccccc6)nc(-c6ccccc6)nc5c4c3)cc21. The van der Waals surface area contributed by atoms with Gasteiger partial charge >= 0.3 is 0 Å². The van der Waals surface area contributed by atoms with E-state index in [4.69, 9.17) is 9.97 Å². The van der Waals surface area contributed by atoms with E-state index in [0.717, 1.165) is 38.9 Å². The number of rotatable bonds is 3. The van der Waals surface area contributed by atoms with Crippen molar-refractivity contribution in [2.75, 3.05) is 0 Å². The van der Waals surface area contributed by atoms with Crippen LogP contribution in [-0.2, 0) is 5.41 Å². The highest BCUT2D eigenvalue weighted by Crippen LogP contribution is 2.49. The number of nitrogens with zero attached hydrogens (tertiary/aromatic N) is 2. The van der Waals surface area contributed by atoms with Gasteiger partial charge in [-0.3, -0.25) is 0 Å². The lowest BCUT2D eigenvalue weighted by Gasteiger charge is -2.22. The highest BCUT2D eigenvalue weighted by Gasteiger charge is 2.35. The monoisotopic (exact) mass is 524 g/mol. The maximum absolute atomic E-state index is 5.19. The van der Waals surface area contributed by atoms with Crippen LogP contribution in [0.25, 0.3) is 66.6 Å². The smallest absolute Gasteiger partial charge is 0.160 e. The van der Waals surface area contributed by atoms with Gasteiger partial charge in [0.25, 0.3) is 0 Å². The number of hydrogen-bond donors (Lipinski definition) is 0. The van der Waals surface area contributed by atoms with E-state index in [-0.39, 0.29) is 5.41 Å². The molecule has 0 radical (unpaired) electrons. The molecule has 0 spiro atoms. The Balaban J connectivity index is 1.35. The molecule has 1 aliphatic rings. The van der Waals surface area contributed by atoms with Crippen molar-refractivity contribution in [2.45, 2.75) is 19.3 Å². The first-order valence-corrected chi connectivity index (χ1v) is 14.2. The van der Waals surface area contributed by atoms with E-state index in [9.17, 15) is 0 Å². The number of benzene rings is 6. The zero-order valence-electron chi connectivity index (χ0n) is 23.1. The minimum absolute atomic E-state index is 0.0339. The molecule has 7 aromatic rings. The zero-order valence-corrected chi connectivity index (χ0v) is 23.1. The lowest BCUT2D eigenvalue weighted by Crippen LogP contribution is -2.14. The molecule has 0 fully saturated rings. The Kier molecular flexibility index (Phi) is 5.20. The normalized spacial score (nSPS) is 13.3. The van der Waals surface area contributed by atoms with Gasteiger partial charge < -0.3 is 0 Å². The first-order valence-electron chi connectivity index (χ1n) is 14.2. The quantitative estimate of drug-likeness (QED) is 0.215. The van der Waals surface area contributed by atoms with Crippen molar-refractivity contribution < 1.29 is 0 Å². The second kappa shape index (κ2) is 8.97. The second-order valence-corrected chi connectivity index (χ2v) is 11.5. The summed E-state index contributed by atoms with van der Waals surface area (Å²) >= 11 is 0. The molecule has 0 bridgehead atoms. The molecule has 0 amide bonds. The topological polar surface area (TPSA) is 25.8 Å². The van der Waals surface area contributed by atoms with Crippen LogP contribution in [0.15, 0.2) is 133 Å². The van der Waals surface area contributed by atoms with Gasteiger partial charge in [0, 0.05) is 27.3 Å². The first kappa shape index (κ1) is 23.8. The number of fused-ring (bicyclic) bond motifs is 6. The predicted octanol–water partition coefficient (Wildman–Crippen LogP) is 10.1. The molecular weight excluding hydrogens is 496 g/mol. The van der Waals surface area contributed by atoms with Crippen molar-refractivity contribution in [3.05, 3.63) is 145 Å². The van der Waals surface area contributed by atoms with E-state index in [1.54, 1.807) is 0 Å². The lowest BCUT2D eigenvalue weighted by molar-refractivity contribution is 0.660. The zero-order chi connectivity index (χ0) is 27.6. The molecule has 8 rings (SSSR count). The standard InChI is InChI=1S/C39H28N2/c1-39(2)34-16-10-9-15-30(34)31-21-20-29(24-35(31)39)28-18-17-25-19-22-32-36(26-11-5-3-6-12-26)40-38(27-13-7-4-8-14-27)41-37(32)33(25)23-28/h3-24H,1-2H3. The lowest BCUT2D eigenvalue weighted by atomic mass is 9.81. The summed E-state index contributed by atoms with van der Waals surface area (Å²) in [5.41, 5.74) is 11.9. The molecule has 2 heteroatoms. The van der Waals surface area contributed by atoms with E-state index in [2.05, 4.69) is 123 Å². The molecule has 0 aliphatic heterocycles. The van der Waals surface area contributed by atoms with Crippen molar-refractivity contribution in [1.29, 1.82) is 0 Å². The van der Waals surface area contributed by atoms with Crippen molar-refractivity contribution >= 4 is 21.7 Å². The van der Waals surface area contributed by atoms with Gasteiger partial charge in [0.2, 0.25) is 0 Å². The van der Waals surface area contributed by atoms with Gasteiger partial charge in [-0.25, -0.2) is 9.97 Å². The average Bonchev–Trinajstić information content (AvgIpc) is 3.27. The molecule has 194 valence electrons. The number of hydrogen-bond acceptors (Lipinski definition) is 2. The van der Waals surface area contributed by atoms with Crippen LogP contribution in [0, 0.1) is 0 Å². The summed E-state index contributed by atoms with van der Waals surface area (Å²) in [5.74, 6) is 0.743. The van der Waals surface area contributed by atoms with Crippen LogP contribution < -0.4 is 0 Å². The van der Waals surface area contributed by atoms with E-state index in [1.165, 1.54) is 38.8 Å². The minimum atomic E-state index is -0.0339. The largest absolute Gasteiger partial charge is 0.227 e. The van der Waals surface area contributed by atoms with Crippen LogP contribution in [0.3, 0.4) is 0 Å². The van der Waals surface area contributed by atoms with Gasteiger partial charge in [-0.15, -0.1) is 0 Å². The van der Waals surface area contributed by atoms with E-state index in [1.807, 2.05) is 24.3 Å². The molecule has 0 saturated carbocycles. The molecule has 1 aliphatic carbocycles. The van der Waals surface area contributed by atoms with Crippen LogP contribution in [0.1, 0.15) is 25.0 Å². The van der Waals surface area contributed by atoms with Gasteiger partial charge in [-0.2, -0.15) is 0 Å². The third-order valence-electron chi connectivity index (χ3n) is 8.68. The molecule has 0 N–H and O–H groups in total. The summed E-state index contributed by atoms with van der Waals surface area (Å²) in [7, 11) is 0. The Labute approximate surface area is 240 Å². The van der Waals surface area contributed by atoms with Crippen molar-refractivity contribution in [1.82, 2.24) is 9.97 Å². The average molecular weight is 525 g/mol. The highest BCUT2D eigenvalue weighted by molar-refractivity contribution is 6.10. The van der Waals surface area contributed by atoms with E-state index >= 15 is 0 Å². The molecule has 6 aromatic carbocycles. The van der Waals surface area contributed by atoms with Crippen LogP contribution in [0.5, 0.6) is 0 Å².